The molecular weight excluding hydrogens is 514 g/mol. The maximum absolute atomic E-state index is 12.5. The largest absolute Gasteiger partial charge is 0.444 e. The number of pyridine rings is 1. The molecule has 0 radical (unpaired) electrons. The van der Waals surface area contributed by atoms with E-state index in [1.54, 1.807) is 6.20 Å². The standard InChI is InChI=1S/C32H35N7O2/c1-31(2,3)41-30(40)39-21-32(22-39)9-11-37(20-32)29-14-26-18-38-17-25(24-7-5-23(15-33)6-8-24)13-27(38)19-36(12-10-34-4)28(26)16-35-29/h5-8,10,12-14,16-17H,4,9,11,18-22H2,1-3H3/b12-10-. The first kappa shape index (κ1) is 26.6. The van der Waals surface area contributed by atoms with Crippen LogP contribution >= 0.6 is 0 Å². The van der Waals surface area contributed by atoms with Crippen LogP contribution in [0.5, 0.6) is 0 Å². The van der Waals surface area contributed by atoms with Gasteiger partial charge >= 0.3 is 6.09 Å². The molecule has 3 aromatic rings. The van der Waals surface area contributed by atoms with Gasteiger partial charge in [0.2, 0.25) is 0 Å². The molecule has 9 heteroatoms. The third-order valence-electron chi connectivity index (χ3n) is 8.09. The molecule has 3 aliphatic heterocycles. The van der Waals surface area contributed by atoms with Crippen molar-refractivity contribution < 1.29 is 9.53 Å². The fraction of sp³-hybridized carbons (Fsp3) is 0.375. The van der Waals surface area contributed by atoms with E-state index in [0.29, 0.717) is 18.7 Å². The lowest BCUT2D eigenvalue weighted by Gasteiger charge is -2.47. The molecule has 210 valence electrons. The Morgan fingerprint density at radius 1 is 1.15 bits per heavy atom. The van der Waals surface area contributed by atoms with Gasteiger partial charge in [0.25, 0.3) is 0 Å². The molecule has 2 fully saturated rings. The van der Waals surface area contributed by atoms with E-state index in [4.69, 9.17) is 15.0 Å². The average molecular weight is 550 g/mol. The zero-order chi connectivity index (χ0) is 28.8. The number of aromatic nitrogens is 2. The van der Waals surface area contributed by atoms with E-state index in [-0.39, 0.29) is 11.5 Å². The van der Waals surface area contributed by atoms with Crippen molar-refractivity contribution in [2.24, 2.45) is 10.4 Å². The van der Waals surface area contributed by atoms with Crippen LogP contribution in [0.3, 0.4) is 0 Å². The summed E-state index contributed by atoms with van der Waals surface area (Å²) in [7, 11) is 0. The Morgan fingerprint density at radius 2 is 1.93 bits per heavy atom. The molecule has 0 atom stereocenters. The van der Waals surface area contributed by atoms with Crippen LogP contribution < -0.4 is 9.80 Å². The van der Waals surface area contributed by atoms with E-state index in [0.717, 1.165) is 55.2 Å². The van der Waals surface area contributed by atoms with Crippen LogP contribution in [-0.4, -0.2) is 59.0 Å². The Kier molecular flexibility index (Phi) is 6.57. The van der Waals surface area contributed by atoms with Gasteiger partial charge in [0.1, 0.15) is 11.4 Å². The summed E-state index contributed by atoms with van der Waals surface area (Å²) in [5.41, 5.74) is 5.86. The molecule has 0 unspecified atom stereocenters. The minimum Gasteiger partial charge on any atom is -0.444 e. The fourth-order valence-electron chi connectivity index (χ4n) is 6.08. The van der Waals surface area contributed by atoms with E-state index in [1.807, 2.05) is 62.3 Å². The molecule has 0 bridgehead atoms. The van der Waals surface area contributed by atoms with Crippen molar-refractivity contribution in [3.05, 3.63) is 78.0 Å². The van der Waals surface area contributed by atoms with E-state index < -0.39 is 5.60 Å². The van der Waals surface area contributed by atoms with Crippen molar-refractivity contribution >= 4 is 24.3 Å². The topological polar surface area (TPSA) is 90.0 Å². The third-order valence-corrected chi connectivity index (χ3v) is 8.09. The lowest BCUT2D eigenvalue weighted by atomic mass is 9.79. The molecular formula is C32H35N7O2. The number of carbonyl (C=O) groups excluding carboxylic acids is 1. The Labute approximate surface area is 241 Å². The van der Waals surface area contributed by atoms with Gasteiger partial charge in [0, 0.05) is 68.0 Å². The number of benzene rings is 1. The molecule has 1 spiro atoms. The maximum Gasteiger partial charge on any atom is 0.410 e. The van der Waals surface area contributed by atoms with Gasteiger partial charge in [-0.15, -0.1) is 0 Å². The summed E-state index contributed by atoms with van der Waals surface area (Å²) in [5.74, 6) is 0.963. The van der Waals surface area contributed by atoms with Crippen molar-refractivity contribution in [3.8, 4) is 17.2 Å². The first-order chi connectivity index (χ1) is 19.6. The molecule has 9 nitrogen and oxygen atoms in total. The van der Waals surface area contributed by atoms with Gasteiger partial charge in [-0.1, -0.05) is 12.1 Å². The molecule has 0 N–H and O–H groups in total. The number of carbonyl (C=O) groups is 1. The monoisotopic (exact) mass is 549 g/mol. The van der Waals surface area contributed by atoms with Crippen molar-refractivity contribution in [2.75, 3.05) is 36.0 Å². The second kappa shape index (κ2) is 10.1. The lowest BCUT2D eigenvalue weighted by Crippen LogP contribution is -2.60. The molecule has 6 rings (SSSR count). The van der Waals surface area contributed by atoms with Crippen molar-refractivity contribution in [1.29, 1.82) is 5.26 Å². The Morgan fingerprint density at radius 3 is 2.63 bits per heavy atom. The predicted octanol–water partition coefficient (Wildman–Crippen LogP) is 5.41. The van der Waals surface area contributed by atoms with Gasteiger partial charge in [-0.05, 0) is 69.3 Å². The van der Waals surface area contributed by atoms with Crippen LogP contribution in [0.4, 0.5) is 16.3 Å². The van der Waals surface area contributed by atoms with E-state index in [1.165, 1.54) is 11.3 Å². The van der Waals surface area contributed by atoms with Crippen LogP contribution in [0.15, 0.2) is 66.2 Å². The second-order valence-corrected chi connectivity index (χ2v) is 12.3. The third kappa shape index (κ3) is 5.30. The van der Waals surface area contributed by atoms with Crippen LogP contribution in [0, 0.1) is 16.7 Å². The number of likely N-dealkylation sites (tertiary alicyclic amines) is 1. The zero-order valence-corrected chi connectivity index (χ0v) is 23.9. The molecule has 1 amide bonds. The second-order valence-electron chi connectivity index (χ2n) is 12.3. The number of fused-ring (bicyclic) bond motifs is 2. The molecule has 41 heavy (non-hydrogen) atoms. The molecule has 2 aromatic heterocycles. The molecule has 3 aliphatic rings. The molecule has 0 saturated carbocycles. The van der Waals surface area contributed by atoms with Gasteiger partial charge in [-0.25, -0.2) is 9.78 Å². The maximum atomic E-state index is 12.5. The van der Waals surface area contributed by atoms with Crippen molar-refractivity contribution in [1.82, 2.24) is 14.5 Å². The summed E-state index contributed by atoms with van der Waals surface area (Å²) in [6, 6.07) is 14.3. The number of hydrogen-bond acceptors (Lipinski definition) is 7. The predicted molar refractivity (Wildman–Crippen MR) is 160 cm³/mol. The molecule has 0 aliphatic carbocycles. The summed E-state index contributed by atoms with van der Waals surface area (Å²) < 4.78 is 7.86. The van der Waals surface area contributed by atoms with Gasteiger partial charge < -0.3 is 24.0 Å². The molecule has 1 aromatic carbocycles. The van der Waals surface area contributed by atoms with E-state index >= 15 is 0 Å². The number of anilines is 2. The number of hydrogen-bond donors (Lipinski definition) is 0. The van der Waals surface area contributed by atoms with E-state index in [2.05, 4.69) is 50.5 Å². The molecule has 2 saturated heterocycles. The van der Waals surface area contributed by atoms with Gasteiger partial charge in [-0.3, -0.25) is 4.99 Å². The Hall–Kier alpha value is -4.58. The zero-order valence-electron chi connectivity index (χ0n) is 23.9. The number of ether oxygens (including phenoxy) is 1. The number of rotatable bonds is 4. The van der Waals surface area contributed by atoms with E-state index in [9.17, 15) is 4.79 Å². The first-order valence-corrected chi connectivity index (χ1v) is 14.0. The minimum atomic E-state index is -0.486. The summed E-state index contributed by atoms with van der Waals surface area (Å²) in [6.07, 6.45) is 8.60. The van der Waals surface area contributed by atoms with Crippen molar-refractivity contribution in [2.45, 2.75) is 45.9 Å². The fourth-order valence-corrected chi connectivity index (χ4v) is 6.08. The quantitative estimate of drug-likeness (QED) is 0.405. The van der Waals surface area contributed by atoms with Gasteiger partial charge in [-0.2, -0.15) is 5.26 Å². The number of nitriles is 1. The normalized spacial score (nSPS) is 17.6. The summed E-state index contributed by atoms with van der Waals surface area (Å²) in [5, 5.41) is 9.17. The smallest absolute Gasteiger partial charge is 0.410 e. The highest BCUT2D eigenvalue weighted by molar-refractivity contribution is 5.70. The first-order valence-electron chi connectivity index (χ1n) is 14.0. The Bertz CT molecular complexity index is 1550. The van der Waals surface area contributed by atoms with Gasteiger partial charge in [0.15, 0.2) is 0 Å². The molecule has 5 heterocycles. The average Bonchev–Trinajstić information content (AvgIpc) is 3.51. The van der Waals surface area contributed by atoms with Crippen LogP contribution in [-0.2, 0) is 17.8 Å². The highest BCUT2D eigenvalue weighted by Crippen LogP contribution is 2.42. The minimum absolute atomic E-state index is 0.0966. The SMILES string of the molecule is C=N/C=C\N1Cc2cc(-c3ccc(C#N)cc3)cn2Cc2cc(N3CCC4(CN(C(=O)OC(C)(C)C)C4)C3)ncc21. The number of amides is 1. The Balaban J connectivity index is 1.23. The van der Waals surface area contributed by atoms with Crippen LogP contribution in [0.2, 0.25) is 0 Å². The van der Waals surface area contributed by atoms with Crippen LogP contribution in [0.25, 0.3) is 11.1 Å². The highest BCUT2D eigenvalue weighted by atomic mass is 16.6. The highest BCUT2D eigenvalue weighted by Gasteiger charge is 2.50. The number of aliphatic imine (C=N–C) groups is 1. The summed E-state index contributed by atoms with van der Waals surface area (Å²) in [6.45, 7) is 13.9. The lowest BCUT2D eigenvalue weighted by molar-refractivity contribution is -0.0266. The summed E-state index contributed by atoms with van der Waals surface area (Å²) >= 11 is 0. The number of nitrogens with zero attached hydrogens (tertiary/aromatic N) is 7. The van der Waals surface area contributed by atoms with Crippen LogP contribution in [0.1, 0.15) is 44.0 Å². The van der Waals surface area contributed by atoms with Crippen molar-refractivity contribution in [3.63, 3.8) is 0 Å². The summed E-state index contributed by atoms with van der Waals surface area (Å²) in [4.78, 5) is 27.7. The van der Waals surface area contributed by atoms with Gasteiger partial charge in [0.05, 0.1) is 30.1 Å².